The van der Waals surface area contributed by atoms with Gasteiger partial charge in [-0.2, -0.15) is 0 Å². The first-order valence-electron chi connectivity index (χ1n) is 8.29. The molecule has 2 aromatic heterocycles. The van der Waals surface area contributed by atoms with Crippen molar-refractivity contribution in [1.29, 1.82) is 0 Å². The van der Waals surface area contributed by atoms with Gasteiger partial charge in [-0.25, -0.2) is 0 Å². The molecule has 1 aliphatic rings. The molecule has 1 fully saturated rings. The van der Waals surface area contributed by atoms with Gasteiger partial charge in [0.25, 0.3) is 0 Å². The fraction of sp³-hybridized carbons (Fsp3) is 0.500. The van der Waals surface area contributed by atoms with E-state index in [9.17, 15) is 4.79 Å². The van der Waals surface area contributed by atoms with Gasteiger partial charge in [-0.15, -0.1) is 11.3 Å². The van der Waals surface area contributed by atoms with Crippen molar-refractivity contribution in [3.8, 4) is 0 Å². The summed E-state index contributed by atoms with van der Waals surface area (Å²) in [5.74, 6) is 1.81. The van der Waals surface area contributed by atoms with Gasteiger partial charge in [0.15, 0.2) is 0 Å². The zero-order valence-corrected chi connectivity index (χ0v) is 14.3. The smallest absolute Gasteiger partial charge is 0.225 e. The summed E-state index contributed by atoms with van der Waals surface area (Å²) < 4.78 is 5.62. The molecule has 0 bridgehead atoms. The Morgan fingerprint density at radius 3 is 2.87 bits per heavy atom. The van der Waals surface area contributed by atoms with E-state index >= 15 is 0 Å². The summed E-state index contributed by atoms with van der Waals surface area (Å²) >= 11 is 1.62. The normalized spacial score (nSPS) is 18.0. The quantitative estimate of drug-likeness (QED) is 0.881. The maximum absolute atomic E-state index is 12.2. The van der Waals surface area contributed by atoms with Gasteiger partial charge in [0.05, 0.1) is 18.7 Å². The lowest BCUT2D eigenvalue weighted by Gasteiger charge is -2.35. The first kappa shape index (κ1) is 16.3. The Morgan fingerprint density at radius 1 is 1.39 bits per heavy atom. The van der Waals surface area contributed by atoms with E-state index in [1.54, 1.807) is 17.6 Å². The molecule has 0 aliphatic carbocycles. The van der Waals surface area contributed by atoms with Gasteiger partial charge in [-0.3, -0.25) is 9.69 Å². The van der Waals surface area contributed by atoms with Gasteiger partial charge in [-0.1, -0.05) is 13.0 Å². The highest BCUT2D eigenvalue weighted by Gasteiger charge is 2.26. The van der Waals surface area contributed by atoms with Crippen LogP contribution in [0.3, 0.4) is 0 Å². The third kappa shape index (κ3) is 4.45. The Labute approximate surface area is 141 Å². The summed E-state index contributed by atoms with van der Waals surface area (Å²) in [6.45, 7) is 5.04. The second kappa shape index (κ2) is 7.79. The fourth-order valence-corrected chi connectivity index (χ4v) is 3.78. The summed E-state index contributed by atoms with van der Waals surface area (Å²) in [5.41, 5.74) is 0. The van der Waals surface area contributed by atoms with Crippen LogP contribution in [0.25, 0.3) is 0 Å². The minimum absolute atomic E-state index is 0.0781. The molecule has 1 saturated heterocycles. The third-order valence-electron chi connectivity index (χ3n) is 4.54. The lowest BCUT2D eigenvalue weighted by molar-refractivity contribution is -0.120. The first-order chi connectivity index (χ1) is 11.2. The van der Waals surface area contributed by atoms with E-state index in [0.29, 0.717) is 13.0 Å². The highest BCUT2D eigenvalue weighted by atomic mass is 32.1. The van der Waals surface area contributed by atoms with Crippen LogP contribution in [-0.4, -0.2) is 30.4 Å². The number of likely N-dealkylation sites (tertiary alicyclic amines) is 1. The molecule has 23 heavy (non-hydrogen) atoms. The topological polar surface area (TPSA) is 45.5 Å². The summed E-state index contributed by atoms with van der Waals surface area (Å²) in [4.78, 5) is 15.7. The zero-order valence-electron chi connectivity index (χ0n) is 13.5. The third-order valence-corrected chi connectivity index (χ3v) is 5.41. The second-order valence-corrected chi connectivity index (χ2v) is 7.34. The fourth-order valence-electron chi connectivity index (χ4n) is 3.08. The predicted octanol–water partition coefficient (Wildman–Crippen LogP) is 3.47. The van der Waals surface area contributed by atoms with Crippen molar-refractivity contribution in [2.75, 3.05) is 19.6 Å². The molecule has 0 spiro atoms. The lowest BCUT2D eigenvalue weighted by atomic mass is 9.97. The lowest BCUT2D eigenvalue weighted by Crippen LogP contribution is -2.42. The Kier molecular flexibility index (Phi) is 5.51. The van der Waals surface area contributed by atoms with Crippen LogP contribution in [0.4, 0.5) is 0 Å². The summed E-state index contributed by atoms with van der Waals surface area (Å²) in [6.07, 6.45) is 4.59. The van der Waals surface area contributed by atoms with Gasteiger partial charge in [0, 0.05) is 11.4 Å². The van der Waals surface area contributed by atoms with Gasteiger partial charge >= 0.3 is 0 Å². The molecule has 2 aromatic rings. The molecule has 1 N–H and O–H groups in total. The molecule has 3 rings (SSSR count). The number of furan rings is 1. The summed E-state index contributed by atoms with van der Waals surface area (Å²) in [6, 6.07) is 8.04. The van der Waals surface area contributed by atoms with Gasteiger partial charge in [0.2, 0.25) is 5.91 Å². The van der Waals surface area contributed by atoms with Crippen LogP contribution in [0.1, 0.15) is 36.4 Å². The Hall–Kier alpha value is -1.59. The highest BCUT2D eigenvalue weighted by molar-refractivity contribution is 7.10. The van der Waals surface area contributed by atoms with Crippen molar-refractivity contribution < 1.29 is 9.21 Å². The maximum atomic E-state index is 12.2. The largest absolute Gasteiger partial charge is 0.468 e. The van der Waals surface area contributed by atoms with E-state index in [0.717, 1.165) is 29.6 Å². The number of amides is 1. The Morgan fingerprint density at radius 2 is 2.22 bits per heavy atom. The van der Waals surface area contributed by atoms with Crippen molar-refractivity contribution >= 4 is 17.2 Å². The summed E-state index contributed by atoms with van der Waals surface area (Å²) in [7, 11) is 0. The number of thiophene rings is 1. The Balaban J connectivity index is 1.59. The molecule has 4 nitrogen and oxygen atoms in total. The maximum Gasteiger partial charge on any atom is 0.225 e. The number of nitrogens with zero attached hydrogens (tertiary/aromatic N) is 1. The van der Waals surface area contributed by atoms with E-state index < -0.39 is 0 Å². The molecule has 1 amide bonds. The van der Waals surface area contributed by atoms with Crippen molar-refractivity contribution in [3.63, 3.8) is 0 Å². The first-order valence-corrected chi connectivity index (χ1v) is 9.17. The number of hydrogen-bond donors (Lipinski definition) is 1. The van der Waals surface area contributed by atoms with Crippen LogP contribution in [0.2, 0.25) is 0 Å². The molecule has 0 aromatic carbocycles. The van der Waals surface area contributed by atoms with E-state index in [2.05, 4.69) is 17.1 Å². The summed E-state index contributed by atoms with van der Waals surface area (Å²) in [5, 5.41) is 5.09. The predicted molar refractivity (Wildman–Crippen MR) is 92.5 cm³/mol. The standard InChI is InChI=1S/C18H24N2O2S/c1-14-6-8-20(9-7-14)16(17-5-2-10-22-17)13-19-18(21)12-15-4-3-11-23-15/h2-5,10-11,14,16H,6-9,12-13H2,1H3,(H,19,21). The molecule has 5 heteroatoms. The SMILES string of the molecule is CC1CCN(C(CNC(=O)Cc2cccs2)c2ccco2)CC1. The monoisotopic (exact) mass is 332 g/mol. The van der Waals surface area contributed by atoms with Crippen LogP contribution >= 0.6 is 11.3 Å². The van der Waals surface area contributed by atoms with Crippen LogP contribution in [0.15, 0.2) is 40.3 Å². The second-order valence-electron chi connectivity index (χ2n) is 6.31. The van der Waals surface area contributed by atoms with Gasteiger partial charge < -0.3 is 9.73 Å². The van der Waals surface area contributed by atoms with Crippen molar-refractivity contribution in [2.45, 2.75) is 32.2 Å². The molecule has 1 aliphatic heterocycles. The van der Waals surface area contributed by atoms with E-state index in [4.69, 9.17) is 4.42 Å². The number of hydrogen-bond acceptors (Lipinski definition) is 4. The van der Waals surface area contributed by atoms with Crippen LogP contribution in [-0.2, 0) is 11.2 Å². The molecule has 3 heterocycles. The average molecular weight is 332 g/mol. The van der Waals surface area contributed by atoms with E-state index in [1.807, 2.05) is 29.6 Å². The number of piperidine rings is 1. The van der Waals surface area contributed by atoms with Crippen molar-refractivity contribution in [3.05, 3.63) is 46.5 Å². The van der Waals surface area contributed by atoms with Crippen molar-refractivity contribution in [2.24, 2.45) is 5.92 Å². The number of carbonyl (C=O) groups is 1. The van der Waals surface area contributed by atoms with Crippen LogP contribution in [0, 0.1) is 5.92 Å². The van der Waals surface area contributed by atoms with Gasteiger partial charge in [-0.05, 0) is 55.4 Å². The zero-order chi connectivity index (χ0) is 16.1. The van der Waals surface area contributed by atoms with Crippen LogP contribution in [0.5, 0.6) is 0 Å². The molecule has 0 radical (unpaired) electrons. The van der Waals surface area contributed by atoms with Crippen molar-refractivity contribution in [1.82, 2.24) is 10.2 Å². The minimum atomic E-state index is 0.0781. The average Bonchev–Trinajstić information content (AvgIpc) is 3.23. The molecular weight excluding hydrogens is 308 g/mol. The highest BCUT2D eigenvalue weighted by Crippen LogP contribution is 2.26. The van der Waals surface area contributed by atoms with Crippen LogP contribution < -0.4 is 5.32 Å². The number of nitrogens with one attached hydrogen (secondary N) is 1. The molecular formula is C18H24N2O2S. The van der Waals surface area contributed by atoms with E-state index in [1.165, 1.54) is 12.8 Å². The minimum Gasteiger partial charge on any atom is -0.468 e. The number of carbonyl (C=O) groups excluding carboxylic acids is 1. The van der Waals surface area contributed by atoms with E-state index in [-0.39, 0.29) is 11.9 Å². The number of rotatable bonds is 6. The molecule has 1 atom stereocenters. The van der Waals surface area contributed by atoms with Gasteiger partial charge in [0.1, 0.15) is 5.76 Å². The molecule has 1 unspecified atom stereocenters. The molecule has 124 valence electrons. The molecule has 0 saturated carbocycles. The Bertz CT molecular complexity index is 587.